The first-order valence-electron chi connectivity index (χ1n) is 8.72. The second-order valence-electron chi connectivity index (χ2n) is 7.25. The van der Waals surface area contributed by atoms with E-state index in [1.54, 1.807) is 0 Å². The van der Waals surface area contributed by atoms with E-state index >= 15 is 0 Å². The molecule has 0 amide bonds. The van der Waals surface area contributed by atoms with E-state index in [0.717, 1.165) is 18.9 Å². The fraction of sp³-hybridized carbons (Fsp3) is 1.00. The molecule has 1 atom stereocenters. The van der Waals surface area contributed by atoms with E-state index in [9.17, 15) is 5.11 Å². The summed E-state index contributed by atoms with van der Waals surface area (Å²) >= 11 is 0. The zero-order chi connectivity index (χ0) is 15.7. The Balaban J connectivity index is 2.11. The van der Waals surface area contributed by atoms with E-state index in [1.165, 1.54) is 51.9 Å². The number of aliphatic hydroxyl groups is 1. The van der Waals surface area contributed by atoms with Crippen LogP contribution in [0.2, 0.25) is 0 Å². The van der Waals surface area contributed by atoms with Crippen molar-refractivity contribution in [2.24, 2.45) is 5.92 Å². The summed E-state index contributed by atoms with van der Waals surface area (Å²) in [5.41, 5.74) is -0.0898. The largest absolute Gasteiger partial charge is 0.394 e. The average molecular weight is 300 g/mol. The standard InChI is InChI=1S/C17H37N3O/c1-5-18-17(2,15-21)10-6-7-11-20-12-8-16(9-13-20)14-19(3)4/h16,18,21H,5-15H2,1-4H3. The molecule has 0 aliphatic carbocycles. The van der Waals surface area contributed by atoms with Crippen molar-refractivity contribution in [3.05, 3.63) is 0 Å². The van der Waals surface area contributed by atoms with Crippen molar-refractivity contribution in [2.75, 3.05) is 53.4 Å². The van der Waals surface area contributed by atoms with Crippen LogP contribution in [0, 0.1) is 5.92 Å². The molecule has 126 valence electrons. The van der Waals surface area contributed by atoms with Gasteiger partial charge in [0.25, 0.3) is 0 Å². The lowest BCUT2D eigenvalue weighted by molar-refractivity contribution is 0.149. The first-order valence-corrected chi connectivity index (χ1v) is 8.72. The lowest BCUT2D eigenvalue weighted by Crippen LogP contribution is -2.45. The number of nitrogens with one attached hydrogen (secondary N) is 1. The first-order chi connectivity index (χ1) is 9.99. The van der Waals surface area contributed by atoms with Crippen LogP contribution in [0.25, 0.3) is 0 Å². The molecule has 1 fully saturated rings. The summed E-state index contributed by atoms with van der Waals surface area (Å²) in [6, 6.07) is 0. The number of piperidine rings is 1. The molecular formula is C17H37N3O. The van der Waals surface area contributed by atoms with Gasteiger partial charge >= 0.3 is 0 Å². The number of rotatable bonds is 10. The van der Waals surface area contributed by atoms with Crippen LogP contribution in [-0.2, 0) is 0 Å². The Morgan fingerprint density at radius 1 is 1.24 bits per heavy atom. The zero-order valence-corrected chi connectivity index (χ0v) is 14.7. The highest BCUT2D eigenvalue weighted by Crippen LogP contribution is 2.19. The Morgan fingerprint density at radius 3 is 2.43 bits per heavy atom. The number of unbranched alkanes of at least 4 members (excludes halogenated alkanes) is 1. The smallest absolute Gasteiger partial charge is 0.0610 e. The zero-order valence-electron chi connectivity index (χ0n) is 14.7. The monoisotopic (exact) mass is 299 g/mol. The number of hydrogen-bond donors (Lipinski definition) is 2. The molecule has 1 saturated heterocycles. The number of likely N-dealkylation sites (N-methyl/N-ethyl adjacent to an activating group) is 1. The van der Waals surface area contributed by atoms with Crippen molar-refractivity contribution in [1.29, 1.82) is 0 Å². The second kappa shape index (κ2) is 9.78. The van der Waals surface area contributed by atoms with Gasteiger partial charge in [-0.25, -0.2) is 0 Å². The first kappa shape index (κ1) is 18.9. The topological polar surface area (TPSA) is 38.7 Å². The lowest BCUT2D eigenvalue weighted by Gasteiger charge is -2.33. The van der Waals surface area contributed by atoms with Crippen LogP contribution in [0.5, 0.6) is 0 Å². The Bertz CT molecular complexity index is 265. The van der Waals surface area contributed by atoms with Gasteiger partial charge in [-0.2, -0.15) is 0 Å². The van der Waals surface area contributed by atoms with E-state index in [4.69, 9.17) is 0 Å². The van der Waals surface area contributed by atoms with Crippen LogP contribution in [0.15, 0.2) is 0 Å². The molecule has 4 heteroatoms. The minimum absolute atomic E-state index is 0.0898. The third kappa shape index (κ3) is 7.59. The summed E-state index contributed by atoms with van der Waals surface area (Å²) in [5.74, 6) is 0.891. The highest BCUT2D eigenvalue weighted by molar-refractivity contribution is 4.81. The van der Waals surface area contributed by atoms with Crippen molar-refractivity contribution in [3.8, 4) is 0 Å². The van der Waals surface area contributed by atoms with Gasteiger partial charge in [0, 0.05) is 12.1 Å². The van der Waals surface area contributed by atoms with Crippen molar-refractivity contribution < 1.29 is 5.11 Å². The predicted octanol–water partition coefficient (Wildman–Crippen LogP) is 1.79. The van der Waals surface area contributed by atoms with E-state index < -0.39 is 0 Å². The lowest BCUT2D eigenvalue weighted by atomic mass is 9.94. The third-order valence-corrected chi connectivity index (χ3v) is 4.74. The van der Waals surface area contributed by atoms with Gasteiger partial charge in [0.1, 0.15) is 0 Å². The SMILES string of the molecule is CCNC(C)(CO)CCCCN1CCC(CN(C)C)CC1. The van der Waals surface area contributed by atoms with E-state index in [1.807, 2.05) is 0 Å². The molecule has 0 saturated carbocycles. The molecule has 0 aromatic carbocycles. The molecule has 2 N–H and O–H groups in total. The van der Waals surface area contributed by atoms with Gasteiger partial charge in [0.05, 0.1) is 6.61 Å². The van der Waals surface area contributed by atoms with Gasteiger partial charge in [0.15, 0.2) is 0 Å². The highest BCUT2D eigenvalue weighted by Gasteiger charge is 2.22. The molecule has 1 rings (SSSR count). The molecule has 0 aromatic heterocycles. The van der Waals surface area contributed by atoms with Gasteiger partial charge in [0.2, 0.25) is 0 Å². The molecule has 1 unspecified atom stereocenters. The van der Waals surface area contributed by atoms with Crippen LogP contribution in [0.3, 0.4) is 0 Å². The number of likely N-dealkylation sites (tertiary alicyclic amines) is 1. The molecule has 0 radical (unpaired) electrons. The van der Waals surface area contributed by atoms with Crippen molar-refractivity contribution in [2.45, 2.75) is 51.5 Å². The molecule has 0 spiro atoms. The fourth-order valence-corrected chi connectivity index (χ4v) is 3.41. The molecule has 0 bridgehead atoms. The maximum atomic E-state index is 9.49. The van der Waals surface area contributed by atoms with Gasteiger partial charge in [-0.1, -0.05) is 13.3 Å². The van der Waals surface area contributed by atoms with Crippen LogP contribution < -0.4 is 5.32 Å². The summed E-state index contributed by atoms with van der Waals surface area (Å²) in [4.78, 5) is 4.94. The number of nitrogens with zero attached hydrogens (tertiary/aromatic N) is 2. The van der Waals surface area contributed by atoms with Crippen LogP contribution in [-0.4, -0.2) is 73.9 Å². The van der Waals surface area contributed by atoms with Gasteiger partial charge in [-0.05, 0) is 78.8 Å². The summed E-state index contributed by atoms with van der Waals surface area (Å²) in [5, 5.41) is 12.9. The van der Waals surface area contributed by atoms with E-state index in [0.29, 0.717) is 0 Å². The molecule has 21 heavy (non-hydrogen) atoms. The summed E-state index contributed by atoms with van der Waals surface area (Å²) in [7, 11) is 4.35. The molecule has 1 aliphatic heterocycles. The normalized spacial score (nSPS) is 20.9. The van der Waals surface area contributed by atoms with E-state index in [-0.39, 0.29) is 12.1 Å². The highest BCUT2D eigenvalue weighted by atomic mass is 16.3. The van der Waals surface area contributed by atoms with E-state index in [2.05, 4.69) is 43.1 Å². The molecule has 1 aliphatic rings. The minimum Gasteiger partial charge on any atom is -0.394 e. The second-order valence-corrected chi connectivity index (χ2v) is 7.25. The molecular weight excluding hydrogens is 262 g/mol. The number of hydrogen-bond acceptors (Lipinski definition) is 4. The number of aliphatic hydroxyl groups excluding tert-OH is 1. The van der Waals surface area contributed by atoms with Crippen molar-refractivity contribution >= 4 is 0 Å². The van der Waals surface area contributed by atoms with Gasteiger partial charge in [-0.3, -0.25) is 0 Å². The predicted molar refractivity (Wildman–Crippen MR) is 90.7 cm³/mol. The Labute approximate surface area is 131 Å². The van der Waals surface area contributed by atoms with Gasteiger partial charge < -0.3 is 20.2 Å². The van der Waals surface area contributed by atoms with Crippen molar-refractivity contribution in [3.63, 3.8) is 0 Å². The quantitative estimate of drug-likeness (QED) is 0.603. The maximum absolute atomic E-state index is 9.49. The summed E-state index contributed by atoms with van der Waals surface area (Å²) in [6.45, 7) is 10.4. The summed E-state index contributed by atoms with van der Waals surface area (Å²) in [6.07, 6.45) is 6.21. The molecule has 1 heterocycles. The Morgan fingerprint density at radius 2 is 1.90 bits per heavy atom. The summed E-state index contributed by atoms with van der Waals surface area (Å²) < 4.78 is 0. The maximum Gasteiger partial charge on any atom is 0.0610 e. The Hall–Kier alpha value is -0.160. The van der Waals surface area contributed by atoms with Crippen molar-refractivity contribution in [1.82, 2.24) is 15.1 Å². The van der Waals surface area contributed by atoms with Crippen LogP contribution in [0.4, 0.5) is 0 Å². The van der Waals surface area contributed by atoms with Gasteiger partial charge in [-0.15, -0.1) is 0 Å². The molecule has 0 aromatic rings. The van der Waals surface area contributed by atoms with Crippen LogP contribution in [0.1, 0.15) is 46.0 Å². The minimum atomic E-state index is -0.0898. The fourth-order valence-electron chi connectivity index (χ4n) is 3.41. The average Bonchev–Trinajstić information content (AvgIpc) is 2.45. The molecule has 4 nitrogen and oxygen atoms in total. The van der Waals surface area contributed by atoms with Crippen LogP contribution >= 0.6 is 0 Å². The third-order valence-electron chi connectivity index (χ3n) is 4.74. The Kier molecular flexibility index (Phi) is 8.79.